The molecule has 0 radical (unpaired) electrons. The molecule has 3 saturated carbocycles. The molecule has 9 atom stereocenters. The van der Waals surface area contributed by atoms with Crippen LogP contribution in [0.1, 0.15) is 51.4 Å². The molecular formula is C30H34FNO6S. The standard InChI is InChI=1S/C30H34FNO6S/c1-28-12-11-17(33)13-16(28)9-10-18-20-14-23-30(26(35)39-27(36)32(3)4,29(20,2)15-22(34)24(18)28)38-25(37-23)19-7-5-6-8-21(19)31/h5-8,11-13,18,20,22-25,34H,9-10,14-15H2,1-4H3/t18?,20?,22?,23-,24?,25?,28?,29?,30?/m1/s1. The van der Waals surface area contributed by atoms with Crippen molar-refractivity contribution in [3.8, 4) is 0 Å². The molecule has 1 aromatic carbocycles. The molecule has 8 unspecified atom stereocenters. The summed E-state index contributed by atoms with van der Waals surface area (Å²) in [6.07, 6.45) is 4.91. The second kappa shape index (κ2) is 9.09. The lowest BCUT2D eigenvalue weighted by Gasteiger charge is -2.59. The summed E-state index contributed by atoms with van der Waals surface area (Å²) in [6.45, 7) is 4.06. The van der Waals surface area contributed by atoms with Crippen molar-refractivity contribution in [2.45, 2.75) is 63.6 Å². The third-order valence-electron chi connectivity index (χ3n) is 10.2. The fourth-order valence-electron chi connectivity index (χ4n) is 8.47. The number of rotatable bonds is 2. The Labute approximate surface area is 231 Å². The number of fused-ring (bicyclic) bond motifs is 7. The van der Waals surface area contributed by atoms with E-state index in [1.54, 1.807) is 44.4 Å². The van der Waals surface area contributed by atoms with Crippen LogP contribution < -0.4 is 0 Å². The number of halogens is 1. The van der Waals surface area contributed by atoms with E-state index in [-0.39, 0.29) is 35.5 Å². The summed E-state index contributed by atoms with van der Waals surface area (Å²) in [4.78, 5) is 40.3. The highest BCUT2D eigenvalue weighted by Crippen LogP contribution is 2.71. The summed E-state index contributed by atoms with van der Waals surface area (Å²) < 4.78 is 27.7. The molecule has 5 aliphatic rings. The summed E-state index contributed by atoms with van der Waals surface area (Å²) in [7, 11) is 3.16. The summed E-state index contributed by atoms with van der Waals surface area (Å²) in [6, 6.07) is 6.17. The fourth-order valence-corrected chi connectivity index (χ4v) is 9.37. The van der Waals surface area contributed by atoms with Crippen LogP contribution in [0, 0.1) is 34.4 Å². The third-order valence-corrected chi connectivity index (χ3v) is 11.3. The van der Waals surface area contributed by atoms with Crippen molar-refractivity contribution in [1.29, 1.82) is 0 Å². The van der Waals surface area contributed by atoms with Crippen molar-refractivity contribution in [3.05, 3.63) is 59.4 Å². The predicted molar refractivity (Wildman–Crippen MR) is 143 cm³/mol. The number of hydrogen-bond acceptors (Lipinski definition) is 7. The van der Waals surface area contributed by atoms with E-state index in [0.29, 0.717) is 18.2 Å². The van der Waals surface area contributed by atoms with Gasteiger partial charge in [-0.15, -0.1) is 0 Å². The summed E-state index contributed by atoms with van der Waals surface area (Å²) >= 11 is 0.586. The van der Waals surface area contributed by atoms with Crippen molar-refractivity contribution in [2.24, 2.45) is 28.6 Å². The molecule has 0 bridgehead atoms. The van der Waals surface area contributed by atoms with Crippen molar-refractivity contribution in [2.75, 3.05) is 14.1 Å². The van der Waals surface area contributed by atoms with Crippen molar-refractivity contribution < 1.29 is 33.4 Å². The second-order valence-corrected chi connectivity index (χ2v) is 13.3. The maximum absolute atomic E-state index is 14.8. The Morgan fingerprint density at radius 2 is 1.95 bits per heavy atom. The van der Waals surface area contributed by atoms with E-state index in [4.69, 9.17) is 9.47 Å². The van der Waals surface area contributed by atoms with Gasteiger partial charge in [0.25, 0.3) is 5.24 Å². The number of nitrogens with zero attached hydrogens (tertiary/aromatic N) is 1. The minimum Gasteiger partial charge on any atom is -0.393 e. The first-order valence-corrected chi connectivity index (χ1v) is 14.4. The molecule has 4 fully saturated rings. The molecule has 0 spiro atoms. The number of allylic oxidation sites excluding steroid dienone is 4. The summed E-state index contributed by atoms with van der Waals surface area (Å²) in [5.41, 5.74) is -1.61. The van der Waals surface area contributed by atoms with Gasteiger partial charge in [-0.05, 0) is 55.7 Å². The van der Waals surface area contributed by atoms with Gasteiger partial charge in [-0.1, -0.05) is 43.7 Å². The Morgan fingerprint density at radius 3 is 2.67 bits per heavy atom. The molecule has 6 rings (SSSR count). The van der Waals surface area contributed by atoms with Gasteiger partial charge >= 0.3 is 0 Å². The average molecular weight is 556 g/mol. The largest absolute Gasteiger partial charge is 0.393 e. The van der Waals surface area contributed by atoms with Gasteiger partial charge in [-0.2, -0.15) is 0 Å². The van der Waals surface area contributed by atoms with E-state index in [1.165, 1.54) is 11.0 Å². The van der Waals surface area contributed by atoms with Gasteiger partial charge in [0.05, 0.1) is 12.2 Å². The Kier molecular flexibility index (Phi) is 6.26. The fraction of sp³-hybridized carbons (Fsp3) is 0.567. The van der Waals surface area contributed by atoms with Crippen LogP contribution in [0.4, 0.5) is 9.18 Å². The molecule has 1 aliphatic heterocycles. The first kappa shape index (κ1) is 26.9. The second-order valence-electron chi connectivity index (χ2n) is 12.3. The zero-order chi connectivity index (χ0) is 27.9. The number of thioether (sulfide) groups is 1. The number of ether oxygens (including phenoxy) is 2. The molecule has 9 heteroatoms. The van der Waals surface area contributed by atoms with Crippen LogP contribution >= 0.6 is 11.8 Å². The molecule has 39 heavy (non-hydrogen) atoms. The van der Waals surface area contributed by atoms with E-state index < -0.39 is 51.1 Å². The monoisotopic (exact) mass is 555 g/mol. The molecule has 4 aliphatic carbocycles. The highest BCUT2D eigenvalue weighted by Gasteiger charge is 2.76. The molecule has 1 saturated heterocycles. The van der Waals surface area contributed by atoms with Crippen LogP contribution in [0.15, 0.2) is 48.1 Å². The number of carbonyl (C=O) groups is 3. The molecule has 208 valence electrons. The third kappa shape index (κ3) is 3.69. The maximum Gasteiger partial charge on any atom is 0.288 e. The van der Waals surface area contributed by atoms with Gasteiger partial charge in [0, 0.05) is 48.2 Å². The SMILES string of the molecule is CN(C)C(=O)SC(=O)C12OC(c3ccccc3F)O[C@@H]1CC1C3CCC4=CC(=O)C=CC4(C)C3C(O)CC12C. The molecule has 1 N–H and O–H groups in total. The number of amides is 1. The predicted octanol–water partition coefficient (Wildman–Crippen LogP) is 4.81. The van der Waals surface area contributed by atoms with E-state index in [2.05, 4.69) is 6.92 Å². The zero-order valence-corrected chi connectivity index (χ0v) is 23.4. The molecular weight excluding hydrogens is 521 g/mol. The Morgan fingerprint density at radius 1 is 1.21 bits per heavy atom. The van der Waals surface area contributed by atoms with Crippen LogP contribution in [0.3, 0.4) is 0 Å². The Hall–Kier alpha value is -2.33. The molecule has 1 amide bonds. The highest BCUT2D eigenvalue weighted by molar-refractivity contribution is 8.26. The molecule has 0 aromatic heterocycles. The van der Waals surface area contributed by atoms with Crippen LogP contribution in [-0.4, -0.2) is 58.0 Å². The zero-order valence-electron chi connectivity index (χ0n) is 22.6. The maximum atomic E-state index is 14.8. The van der Waals surface area contributed by atoms with Gasteiger partial charge in [0.2, 0.25) is 5.12 Å². The van der Waals surface area contributed by atoms with Gasteiger partial charge < -0.3 is 19.5 Å². The van der Waals surface area contributed by atoms with Crippen LogP contribution in [-0.2, 0) is 19.1 Å². The Bertz CT molecular complexity index is 1310. The number of hydrogen-bond donors (Lipinski definition) is 1. The van der Waals surface area contributed by atoms with Crippen molar-refractivity contribution in [1.82, 2.24) is 4.90 Å². The Balaban J connectivity index is 1.42. The topological polar surface area (TPSA) is 93.1 Å². The summed E-state index contributed by atoms with van der Waals surface area (Å²) in [5.74, 6) is -0.654. The van der Waals surface area contributed by atoms with Gasteiger partial charge in [-0.3, -0.25) is 14.4 Å². The molecule has 1 heterocycles. The van der Waals surface area contributed by atoms with Crippen molar-refractivity contribution in [3.63, 3.8) is 0 Å². The smallest absolute Gasteiger partial charge is 0.288 e. The van der Waals surface area contributed by atoms with E-state index in [0.717, 1.165) is 18.4 Å². The minimum atomic E-state index is -1.54. The quantitative estimate of drug-likeness (QED) is 0.560. The normalized spacial score (nSPS) is 42.2. The number of aliphatic hydroxyl groups excluding tert-OH is 1. The van der Waals surface area contributed by atoms with Crippen LogP contribution in [0.5, 0.6) is 0 Å². The van der Waals surface area contributed by atoms with Crippen LogP contribution in [0.2, 0.25) is 0 Å². The number of ketones is 1. The van der Waals surface area contributed by atoms with E-state index in [9.17, 15) is 23.9 Å². The lowest BCUT2D eigenvalue weighted by Crippen LogP contribution is -2.62. The first-order chi connectivity index (χ1) is 18.4. The highest BCUT2D eigenvalue weighted by atomic mass is 32.2. The lowest BCUT2D eigenvalue weighted by atomic mass is 9.46. The molecule has 7 nitrogen and oxygen atoms in total. The van der Waals surface area contributed by atoms with E-state index >= 15 is 0 Å². The van der Waals surface area contributed by atoms with Crippen LogP contribution in [0.25, 0.3) is 0 Å². The van der Waals surface area contributed by atoms with Gasteiger partial charge in [0.15, 0.2) is 17.7 Å². The lowest BCUT2D eigenvalue weighted by molar-refractivity contribution is -0.195. The van der Waals surface area contributed by atoms with E-state index in [1.807, 2.05) is 13.0 Å². The van der Waals surface area contributed by atoms with Crippen molar-refractivity contribution >= 4 is 27.9 Å². The molecule has 1 aromatic rings. The number of benzene rings is 1. The first-order valence-electron chi connectivity index (χ1n) is 13.6. The summed E-state index contributed by atoms with van der Waals surface area (Å²) in [5, 5.41) is 10.9. The average Bonchev–Trinajstić information content (AvgIpc) is 3.37. The minimum absolute atomic E-state index is 0.0282. The number of aliphatic hydroxyl groups is 1. The van der Waals surface area contributed by atoms with Gasteiger partial charge in [0.1, 0.15) is 5.82 Å². The number of carbonyl (C=O) groups excluding carboxylic acids is 3. The van der Waals surface area contributed by atoms with Gasteiger partial charge in [-0.25, -0.2) is 4.39 Å².